The first-order chi connectivity index (χ1) is 15.3. The number of hydrogen-bond donors (Lipinski definition) is 2. The minimum Gasteiger partial charge on any atom is -0.475 e. The van der Waals surface area contributed by atoms with E-state index in [1.807, 2.05) is 17.8 Å². The maximum atomic E-state index is 10.6. The second-order valence-corrected chi connectivity index (χ2v) is 7.92. The second-order valence-electron chi connectivity index (χ2n) is 6.87. The van der Waals surface area contributed by atoms with Gasteiger partial charge in [-0.05, 0) is 23.3 Å². The molecule has 3 aromatic carbocycles. The Kier molecular flexibility index (Phi) is 7.94. The van der Waals surface area contributed by atoms with E-state index >= 15 is 0 Å². The van der Waals surface area contributed by atoms with Crippen molar-refractivity contribution in [1.82, 2.24) is 5.32 Å². The Bertz CT molecular complexity index is 1030. The van der Waals surface area contributed by atoms with E-state index in [-0.39, 0.29) is 12.1 Å². The molecule has 4 rings (SSSR count). The zero-order valence-corrected chi connectivity index (χ0v) is 17.7. The molecule has 0 radical (unpaired) electrons. The van der Waals surface area contributed by atoms with Gasteiger partial charge in [-0.2, -0.15) is 13.2 Å². The summed E-state index contributed by atoms with van der Waals surface area (Å²) in [5.74, 6) is -0.833. The van der Waals surface area contributed by atoms with Crippen LogP contribution in [0.2, 0.25) is 0 Å². The van der Waals surface area contributed by atoms with Crippen LogP contribution in [-0.2, 0) is 4.79 Å². The van der Waals surface area contributed by atoms with Crippen LogP contribution in [0.5, 0.6) is 0 Å². The van der Waals surface area contributed by atoms with E-state index in [1.165, 1.54) is 16.0 Å². The number of aliphatic imine (C=N–C) groups is 1. The van der Waals surface area contributed by atoms with E-state index in [0.717, 1.165) is 11.6 Å². The Hall–Kier alpha value is -3.26. The van der Waals surface area contributed by atoms with E-state index < -0.39 is 12.1 Å². The van der Waals surface area contributed by atoms with Crippen molar-refractivity contribution >= 4 is 23.6 Å². The van der Waals surface area contributed by atoms with Crippen molar-refractivity contribution < 1.29 is 23.1 Å². The maximum Gasteiger partial charge on any atom is 0.490 e. The lowest BCUT2D eigenvalue weighted by molar-refractivity contribution is -0.192. The van der Waals surface area contributed by atoms with Gasteiger partial charge in [-0.15, -0.1) is 11.8 Å². The van der Waals surface area contributed by atoms with Crippen molar-refractivity contribution in [3.8, 4) is 0 Å². The summed E-state index contributed by atoms with van der Waals surface area (Å²) in [5, 5.41) is 10.8. The summed E-state index contributed by atoms with van der Waals surface area (Å²) in [7, 11) is 0. The van der Waals surface area contributed by atoms with Gasteiger partial charge in [-0.1, -0.05) is 78.9 Å². The van der Waals surface area contributed by atoms with Gasteiger partial charge in [0.25, 0.3) is 0 Å². The summed E-state index contributed by atoms with van der Waals surface area (Å²) >= 11 is 1.82. The van der Waals surface area contributed by atoms with Gasteiger partial charge in [-0.25, -0.2) is 4.79 Å². The third-order valence-corrected chi connectivity index (χ3v) is 5.62. The van der Waals surface area contributed by atoms with E-state index in [1.54, 1.807) is 0 Å². The largest absolute Gasteiger partial charge is 0.490 e. The number of alkyl halides is 3. The van der Waals surface area contributed by atoms with Gasteiger partial charge < -0.3 is 10.4 Å². The topological polar surface area (TPSA) is 61.7 Å². The quantitative estimate of drug-likeness (QED) is 0.468. The first-order valence-electron chi connectivity index (χ1n) is 9.75. The molecule has 0 amide bonds. The fourth-order valence-electron chi connectivity index (χ4n) is 3.13. The number of carboxylic acid groups (broad SMARTS) is 1. The number of thioether (sulfide) groups is 1. The Morgan fingerprint density at radius 2 is 1.34 bits per heavy atom. The molecule has 0 aliphatic carbocycles. The van der Waals surface area contributed by atoms with Gasteiger partial charge in [0.1, 0.15) is 11.9 Å². The third kappa shape index (κ3) is 6.62. The van der Waals surface area contributed by atoms with Crippen molar-refractivity contribution in [3.05, 3.63) is 102 Å². The van der Waals surface area contributed by atoms with Gasteiger partial charge in [0, 0.05) is 4.90 Å². The molecule has 2 atom stereocenters. The van der Waals surface area contributed by atoms with Gasteiger partial charge in [-0.3, -0.25) is 4.99 Å². The van der Waals surface area contributed by atoms with Gasteiger partial charge in [0.2, 0.25) is 0 Å². The highest BCUT2D eigenvalue weighted by Gasteiger charge is 2.38. The summed E-state index contributed by atoms with van der Waals surface area (Å²) < 4.78 is 31.7. The standard InChI is InChI=1S/C22H20N2S.C2HF3O2/c1-4-10-17(11-5-1)21-22(18-12-6-2-7-13-18)24-20(23-21)16-25-19-14-8-3-9-15-19;3-2(4,5)1(6)7/h1-15,21-22H,16H2,(H,23,24);(H,6,7)/t21-,22+;. The van der Waals surface area contributed by atoms with Crippen LogP contribution in [0, 0.1) is 0 Å². The number of benzene rings is 3. The molecule has 0 spiro atoms. The molecule has 0 bridgehead atoms. The van der Waals surface area contributed by atoms with Crippen molar-refractivity contribution in [2.45, 2.75) is 23.2 Å². The van der Waals surface area contributed by atoms with E-state index in [9.17, 15) is 13.2 Å². The van der Waals surface area contributed by atoms with Crippen molar-refractivity contribution in [3.63, 3.8) is 0 Å². The van der Waals surface area contributed by atoms with E-state index in [0.29, 0.717) is 0 Å². The molecule has 0 fully saturated rings. The molecular weight excluding hydrogens is 437 g/mol. The highest BCUT2D eigenvalue weighted by Crippen LogP contribution is 2.36. The fraction of sp³-hybridized carbons (Fsp3) is 0.167. The second kappa shape index (κ2) is 10.9. The number of aliphatic carboxylic acids is 1. The average Bonchev–Trinajstić information content (AvgIpc) is 3.24. The Morgan fingerprint density at radius 3 is 1.84 bits per heavy atom. The highest BCUT2D eigenvalue weighted by atomic mass is 32.2. The SMILES string of the molecule is O=C(O)C(F)(F)F.c1ccc(SCC2=N[C@H](c3ccccc3)[C@H](c3ccccc3)N2)cc1. The van der Waals surface area contributed by atoms with Crippen LogP contribution in [0.1, 0.15) is 23.2 Å². The summed E-state index contributed by atoms with van der Waals surface area (Å²) in [6, 6.07) is 32.0. The molecule has 166 valence electrons. The number of nitrogens with one attached hydrogen (secondary N) is 1. The van der Waals surface area contributed by atoms with Crippen molar-refractivity contribution in [1.29, 1.82) is 0 Å². The number of amidine groups is 1. The van der Waals surface area contributed by atoms with E-state index in [2.05, 4.69) is 90.2 Å². The molecule has 3 aromatic rings. The highest BCUT2D eigenvalue weighted by molar-refractivity contribution is 8.00. The molecule has 1 aliphatic rings. The first kappa shape index (κ1) is 23.4. The van der Waals surface area contributed by atoms with Gasteiger partial charge in [0.15, 0.2) is 0 Å². The van der Waals surface area contributed by atoms with Crippen LogP contribution in [0.25, 0.3) is 0 Å². The Morgan fingerprint density at radius 1 is 0.875 bits per heavy atom. The monoisotopic (exact) mass is 458 g/mol. The van der Waals surface area contributed by atoms with Crippen LogP contribution in [-0.4, -0.2) is 28.8 Å². The molecule has 0 unspecified atom stereocenters. The smallest absolute Gasteiger partial charge is 0.475 e. The molecule has 4 nitrogen and oxygen atoms in total. The number of rotatable bonds is 5. The summed E-state index contributed by atoms with van der Waals surface area (Å²) in [6.07, 6.45) is -5.08. The van der Waals surface area contributed by atoms with Gasteiger partial charge >= 0.3 is 12.1 Å². The number of carbonyl (C=O) groups is 1. The summed E-state index contributed by atoms with van der Waals surface area (Å²) in [6.45, 7) is 0. The van der Waals surface area contributed by atoms with Crippen molar-refractivity contribution in [2.24, 2.45) is 4.99 Å². The molecule has 2 N–H and O–H groups in total. The number of nitrogens with zero attached hydrogens (tertiary/aromatic N) is 1. The zero-order chi connectivity index (χ0) is 23.0. The van der Waals surface area contributed by atoms with Gasteiger partial charge in [0.05, 0.1) is 11.8 Å². The lowest BCUT2D eigenvalue weighted by Crippen LogP contribution is -2.25. The minimum atomic E-state index is -5.08. The molecule has 1 aliphatic heterocycles. The molecule has 1 heterocycles. The first-order valence-corrected chi connectivity index (χ1v) is 10.7. The lowest BCUT2D eigenvalue weighted by Gasteiger charge is -2.19. The van der Waals surface area contributed by atoms with Crippen LogP contribution in [0.15, 0.2) is 101 Å². The molecule has 8 heteroatoms. The van der Waals surface area contributed by atoms with Crippen LogP contribution >= 0.6 is 11.8 Å². The molecule has 0 aromatic heterocycles. The number of carboxylic acids is 1. The summed E-state index contributed by atoms with van der Waals surface area (Å²) in [4.78, 5) is 15.2. The fourth-order valence-corrected chi connectivity index (χ4v) is 3.94. The normalized spacial score (nSPS) is 17.5. The third-order valence-electron chi connectivity index (χ3n) is 4.59. The van der Waals surface area contributed by atoms with Crippen LogP contribution in [0.4, 0.5) is 13.2 Å². The molecule has 0 saturated heterocycles. The Labute approximate surface area is 188 Å². The van der Waals surface area contributed by atoms with E-state index in [4.69, 9.17) is 14.9 Å². The Balaban J connectivity index is 0.000000360. The predicted octanol–water partition coefficient (Wildman–Crippen LogP) is 5.90. The van der Waals surface area contributed by atoms with Crippen molar-refractivity contribution in [2.75, 3.05) is 5.75 Å². The maximum absolute atomic E-state index is 10.6. The van der Waals surface area contributed by atoms with Crippen LogP contribution in [0.3, 0.4) is 0 Å². The summed E-state index contributed by atoms with van der Waals surface area (Å²) in [5.41, 5.74) is 2.53. The predicted molar refractivity (Wildman–Crippen MR) is 120 cm³/mol. The number of halogens is 3. The molecule has 32 heavy (non-hydrogen) atoms. The number of hydrogen-bond acceptors (Lipinski definition) is 4. The molecule has 0 saturated carbocycles. The molecular formula is C24H21F3N2O2S. The van der Waals surface area contributed by atoms with Crippen LogP contribution < -0.4 is 5.32 Å². The minimum absolute atomic E-state index is 0.120. The average molecular weight is 459 g/mol. The zero-order valence-electron chi connectivity index (χ0n) is 16.9. The lowest BCUT2D eigenvalue weighted by atomic mass is 9.95.